The van der Waals surface area contributed by atoms with Crippen molar-refractivity contribution in [3.8, 4) is 0 Å². The highest BCUT2D eigenvalue weighted by molar-refractivity contribution is 7.47. The van der Waals surface area contributed by atoms with Gasteiger partial charge >= 0.3 is 19.8 Å². The van der Waals surface area contributed by atoms with Crippen LogP contribution in [0.15, 0.2) is 182 Å². The first-order chi connectivity index (χ1) is 40.8. The highest BCUT2D eigenvalue weighted by Gasteiger charge is 2.26. The fourth-order valence-corrected chi connectivity index (χ4v) is 8.88. The van der Waals surface area contributed by atoms with Gasteiger partial charge in [-0.05, 0) is 128 Å². The van der Waals surface area contributed by atoms with Gasteiger partial charge in [0, 0.05) is 19.4 Å². The molecule has 0 aliphatic heterocycles. The van der Waals surface area contributed by atoms with Gasteiger partial charge in [0.1, 0.15) is 6.61 Å². The summed E-state index contributed by atoms with van der Waals surface area (Å²) in [6, 6.07) is 0. The average Bonchev–Trinajstić information content (AvgIpc) is 3.49. The van der Waals surface area contributed by atoms with Crippen molar-refractivity contribution in [3.63, 3.8) is 0 Å². The van der Waals surface area contributed by atoms with Gasteiger partial charge in [-0.2, -0.15) is 0 Å². The quantitative estimate of drug-likeness (QED) is 0.0264. The lowest BCUT2D eigenvalue weighted by Crippen LogP contribution is -2.29. The zero-order chi connectivity index (χ0) is 60.1. The smallest absolute Gasteiger partial charge is 0.462 e. The monoisotopic (exact) mass is 1170 g/mol. The van der Waals surface area contributed by atoms with Crippen LogP contribution >= 0.6 is 7.82 Å². The Morgan fingerprint density at radius 2 is 0.639 bits per heavy atom. The van der Waals surface area contributed by atoms with Crippen molar-refractivity contribution in [1.29, 1.82) is 0 Å². The van der Waals surface area contributed by atoms with Crippen molar-refractivity contribution < 1.29 is 37.6 Å². The molecule has 0 amide bonds. The second-order valence-electron chi connectivity index (χ2n) is 20.5. The van der Waals surface area contributed by atoms with Crippen LogP contribution in [0.25, 0.3) is 0 Å². The molecule has 0 aliphatic rings. The van der Waals surface area contributed by atoms with Crippen LogP contribution in [0.3, 0.4) is 0 Å². The Labute approximate surface area is 507 Å². The van der Waals surface area contributed by atoms with E-state index in [9.17, 15) is 19.0 Å². The van der Waals surface area contributed by atoms with Gasteiger partial charge in [-0.1, -0.05) is 273 Å². The maximum Gasteiger partial charge on any atom is 0.472 e. The van der Waals surface area contributed by atoms with Gasteiger partial charge in [0.05, 0.1) is 13.2 Å². The maximum absolute atomic E-state index is 12.7. The molecule has 0 fully saturated rings. The van der Waals surface area contributed by atoms with E-state index in [2.05, 4.69) is 190 Å². The van der Waals surface area contributed by atoms with Crippen molar-refractivity contribution >= 4 is 19.8 Å². The fourth-order valence-electron chi connectivity index (χ4n) is 8.11. The number of nitrogens with two attached hydrogens (primary N) is 1. The van der Waals surface area contributed by atoms with E-state index in [1.165, 1.54) is 70.6 Å². The normalized spacial score (nSPS) is 14.2. The summed E-state index contributed by atoms with van der Waals surface area (Å²) in [6.45, 7) is 3.43. The molecular formula is C73H116NO8P. The molecule has 0 spiro atoms. The molecule has 0 aliphatic carbocycles. The zero-order valence-corrected chi connectivity index (χ0v) is 53.0. The lowest BCUT2D eigenvalue weighted by Gasteiger charge is -2.19. The van der Waals surface area contributed by atoms with E-state index in [4.69, 9.17) is 24.3 Å². The molecule has 0 bridgehead atoms. The lowest BCUT2D eigenvalue weighted by molar-refractivity contribution is -0.161. The lowest BCUT2D eigenvalue weighted by atomic mass is 10.0. The minimum atomic E-state index is -4.42. The van der Waals surface area contributed by atoms with Gasteiger partial charge in [-0.3, -0.25) is 18.6 Å². The van der Waals surface area contributed by atoms with E-state index in [1.54, 1.807) is 0 Å². The van der Waals surface area contributed by atoms with Gasteiger partial charge in [-0.15, -0.1) is 0 Å². The second-order valence-corrected chi connectivity index (χ2v) is 22.0. The molecular weight excluding hydrogens is 1050 g/mol. The number of phosphoric ester groups is 1. The molecule has 10 heteroatoms. The predicted molar refractivity (Wildman–Crippen MR) is 357 cm³/mol. The summed E-state index contributed by atoms with van der Waals surface area (Å²) >= 11 is 0. The first-order valence-electron chi connectivity index (χ1n) is 32.3. The summed E-state index contributed by atoms with van der Waals surface area (Å²) in [6.07, 6.45) is 99.7. The third-order valence-corrected chi connectivity index (χ3v) is 13.8. The number of carbonyl (C=O) groups excluding carboxylic acids is 2. The Bertz CT molecular complexity index is 2010. The van der Waals surface area contributed by atoms with Crippen LogP contribution in [0.4, 0.5) is 0 Å². The molecule has 0 aromatic rings. The van der Waals surface area contributed by atoms with E-state index < -0.39 is 32.5 Å². The van der Waals surface area contributed by atoms with Crippen molar-refractivity contribution in [2.45, 2.75) is 238 Å². The number of hydrogen-bond donors (Lipinski definition) is 2. The number of carbonyl (C=O) groups is 2. The predicted octanol–water partition coefficient (Wildman–Crippen LogP) is 21.2. The SMILES string of the molecule is CC/C=C\C/C=C\C/C=C\C/C=C\C/C=C\C/C=C\C/C=C\C/C=C\C/C=C\CCCC(=O)OC(COC(=O)CCCCCCCCCCCCCCCC/C=C\C/C=C\C/C=C\C/C=C\C/C=C\C/C=C\CC)COP(=O)(O)OCCN. The van der Waals surface area contributed by atoms with Crippen LogP contribution < -0.4 is 5.73 Å². The molecule has 0 saturated heterocycles. The van der Waals surface area contributed by atoms with Crippen molar-refractivity contribution in [3.05, 3.63) is 182 Å². The number of rotatable bonds is 58. The summed E-state index contributed by atoms with van der Waals surface area (Å²) in [4.78, 5) is 35.3. The topological polar surface area (TPSA) is 134 Å². The third kappa shape index (κ3) is 66.1. The van der Waals surface area contributed by atoms with Crippen LogP contribution in [0.5, 0.6) is 0 Å². The van der Waals surface area contributed by atoms with E-state index in [-0.39, 0.29) is 32.6 Å². The van der Waals surface area contributed by atoms with Gasteiger partial charge < -0.3 is 20.1 Å². The highest BCUT2D eigenvalue weighted by atomic mass is 31.2. The second kappa shape index (κ2) is 66.3. The molecule has 0 aromatic heterocycles. The Kier molecular flexibility index (Phi) is 62.3. The van der Waals surface area contributed by atoms with E-state index in [0.29, 0.717) is 19.3 Å². The zero-order valence-electron chi connectivity index (χ0n) is 52.1. The molecule has 83 heavy (non-hydrogen) atoms. The molecule has 0 aromatic carbocycles. The number of ether oxygens (including phenoxy) is 2. The average molecular weight is 1170 g/mol. The van der Waals surface area contributed by atoms with Crippen LogP contribution in [-0.2, 0) is 32.7 Å². The molecule has 0 heterocycles. The molecule has 466 valence electrons. The van der Waals surface area contributed by atoms with Crippen molar-refractivity contribution in [1.82, 2.24) is 0 Å². The van der Waals surface area contributed by atoms with Crippen LogP contribution in [0, 0.1) is 0 Å². The standard InChI is InChI=1S/C73H116NO8P/c1-3-5-7-9-11-13-15-17-19-21-23-25-27-29-31-33-34-35-36-38-39-41-43-45-47-49-51-53-55-57-59-61-63-65-72(75)79-69-71(70-81-83(77,78)80-68-67-74)82-73(76)66-64-62-60-58-56-54-52-50-48-46-44-42-40-37-32-30-28-26-24-22-20-18-16-14-12-10-8-6-4-2/h5-8,11-14,17-20,23-26,29-32,34-35,40,42,46,48,52,54,58,60,71H,3-4,9-10,15-16,21-22,27-28,33,36-39,41,43-45,47,49-51,53,55-57,59,61-70,74H2,1-2H3,(H,77,78)/b7-5-,8-6-,13-11-,14-12-,19-17-,20-18-,25-23-,26-24-,31-29-,32-30-,35-34-,42-40-,48-46-,54-52-,60-58-. The molecule has 3 N–H and O–H groups in total. The molecule has 0 rings (SSSR count). The number of hydrogen-bond acceptors (Lipinski definition) is 8. The number of allylic oxidation sites excluding steroid dienone is 30. The number of phosphoric acid groups is 1. The summed E-state index contributed by atoms with van der Waals surface area (Å²) in [5.74, 6) is -0.910. The van der Waals surface area contributed by atoms with Gasteiger partial charge in [0.25, 0.3) is 0 Å². The minimum Gasteiger partial charge on any atom is -0.462 e. The molecule has 2 unspecified atom stereocenters. The van der Waals surface area contributed by atoms with Crippen molar-refractivity contribution in [2.24, 2.45) is 5.73 Å². The van der Waals surface area contributed by atoms with Crippen LogP contribution in [0.1, 0.15) is 232 Å². The van der Waals surface area contributed by atoms with Gasteiger partial charge in [0.15, 0.2) is 6.10 Å². The van der Waals surface area contributed by atoms with Crippen LogP contribution in [-0.4, -0.2) is 49.3 Å². The molecule has 2 atom stereocenters. The maximum atomic E-state index is 12.7. The largest absolute Gasteiger partial charge is 0.472 e. The summed E-state index contributed by atoms with van der Waals surface area (Å²) < 4.78 is 33.0. The third-order valence-electron chi connectivity index (χ3n) is 12.8. The van der Waals surface area contributed by atoms with E-state index in [0.717, 1.165) is 116 Å². The highest BCUT2D eigenvalue weighted by Crippen LogP contribution is 2.43. The Morgan fingerprint density at radius 3 is 0.964 bits per heavy atom. The minimum absolute atomic E-state index is 0.0345. The molecule has 0 saturated carbocycles. The Morgan fingerprint density at radius 1 is 0.361 bits per heavy atom. The number of unbranched alkanes of at least 4 members (excludes halogenated alkanes) is 15. The van der Waals surface area contributed by atoms with E-state index >= 15 is 0 Å². The first kappa shape index (κ1) is 78.1. The van der Waals surface area contributed by atoms with E-state index in [1.807, 2.05) is 6.08 Å². The summed E-state index contributed by atoms with van der Waals surface area (Å²) in [5, 5.41) is 0. The van der Waals surface area contributed by atoms with Gasteiger partial charge in [-0.25, -0.2) is 4.57 Å². The summed E-state index contributed by atoms with van der Waals surface area (Å²) in [7, 11) is -4.42. The molecule has 0 radical (unpaired) electrons. The first-order valence-corrected chi connectivity index (χ1v) is 33.8. The molecule has 9 nitrogen and oxygen atoms in total. The van der Waals surface area contributed by atoms with Crippen molar-refractivity contribution in [2.75, 3.05) is 26.4 Å². The summed E-state index contributed by atoms with van der Waals surface area (Å²) in [5.41, 5.74) is 5.39. The Balaban J connectivity index is 4.07. The Hall–Kier alpha value is -4.89. The van der Waals surface area contributed by atoms with Crippen LogP contribution in [0.2, 0.25) is 0 Å². The fraction of sp³-hybridized carbons (Fsp3) is 0.562. The number of esters is 2. The van der Waals surface area contributed by atoms with Gasteiger partial charge in [0.2, 0.25) is 0 Å².